The monoisotopic (exact) mass is 687 g/mol. The summed E-state index contributed by atoms with van der Waals surface area (Å²) in [5.74, 6) is -3.22. The fourth-order valence-corrected chi connectivity index (χ4v) is 7.60. The van der Waals surface area contributed by atoms with E-state index in [1.165, 1.54) is 14.0 Å². The molecule has 0 amide bonds. The van der Waals surface area contributed by atoms with E-state index >= 15 is 0 Å². The average Bonchev–Trinajstić information content (AvgIpc) is 3.03. The van der Waals surface area contributed by atoms with Gasteiger partial charge in [-0.15, -0.1) is 0 Å². The highest BCUT2D eigenvalue weighted by Crippen LogP contribution is 2.40. The van der Waals surface area contributed by atoms with Gasteiger partial charge in [0.25, 0.3) is 0 Å². The van der Waals surface area contributed by atoms with Crippen molar-refractivity contribution in [1.82, 2.24) is 0 Å². The van der Waals surface area contributed by atoms with Gasteiger partial charge in [0, 0.05) is 25.4 Å². The molecule has 0 radical (unpaired) electrons. The Morgan fingerprint density at radius 2 is 1.58 bits per heavy atom. The predicted molar refractivity (Wildman–Crippen MR) is 185 cm³/mol. The number of rotatable bonds is 10. The van der Waals surface area contributed by atoms with E-state index in [1.807, 2.05) is 27.7 Å². The third-order valence-electron chi connectivity index (χ3n) is 11.6. The summed E-state index contributed by atoms with van der Waals surface area (Å²) in [5, 5.41) is 51.0. The molecule has 0 saturated carbocycles. The largest absolute Gasteiger partial charge is 0.459 e. The number of hydrogen-bond donors (Lipinski definition) is 4. The van der Waals surface area contributed by atoms with Crippen LogP contribution in [0.1, 0.15) is 128 Å². The molecule has 2 saturated heterocycles. The van der Waals surface area contributed by atoms with E-state index in [2.05, 4.69) is 12.1 Å². The summed E-state index contributed by atoms with van der Waals surface area (Å²) in [6.07, 6.45) is -1.18. The van der Waals surface area contributed by atoms with E-state index < -0.39 is 71.4 Å². The van der Waals surface area contributed by atoms with Gasteiger partial charge in [0.2, 0.25) is 0 Å². The van der Waals surface area contributed by atoms with Crippen molar-refractivity contribution in [3.8, 4) is 0 Å². The van der Waals surface area contributed by atoms with Gasteiger partial charge in [0.15, 0.2) is 6.29 Å². The Balaban J connectivity index is 2.62. The fraction of sp³-hybridized carbons (Fsp3) is 0.946. The maximum Gasteiger partial charge on any atom is 0.311 e. The van der Waals surface area contributed by atoms with Gasteiger partial charge in [-0.05, 0) is 78.6 Å². The maximum atomic E-state index is 13.9. The molecule has 2 rings (SSSR count). The minimum absolute atomic E-state index is 0.100. The van der Waals surface area contributed by atoms with E-state index in [4.69, 9.17) is 23.8 Å². The summed E-state index contributed by atoms with van der Waals surface area (Å²) in [5.41, 5.74) is -3.51. The lowest BCUT2D eigenvalue weighted by Crippen LogP contribution is -2.58. The van der Waals surface area contributed by atoms with Crippen LogP contribution in [0.15, 0.2) is 5.16 Å². The van der Waals surface area contributed by atoms with Crippen LogP contribution in [0.2, 0.25) is 0 Å². The summed E-state index contributed by atoms with van der Waals surface area (Å²) >= 11 is 0. The topological polar surface area (TPSA) is 156 Å². The number of aliphatic hydroxyl groups excluding tert-OH is 2. The van der Waals surface area contributed by atoms with Crippen molar-refractivity contribution in [2.45, 2.75) is 188 Å². The highest BCUT2D eigenvalue weighted by atomic mass is 16.7. The van der Waals surface area contributed by atoms with Crippen LogP contribution in [-0.4, -0.2) is 98.9 Å². The van der Waals surface area contributed by atoms with Gasteiger partial charge >= 0.3 is 5.97 Å². The molecule has 2 fully saturated rings. The minimum Gasteiger partial charge on any atom is -0.459 e. The van der Waals surface area contributed by atoms with Gasteiger partial charge in [0.1, 0.15) is 23.9 Å². The molecule has 2 aliphatic heterocycles. The first-order valence-electron chi connectivity index (χ1n) is 18.3. The highest BCUT2D eigenvalue weighted by molar-refractivity contribution is 5.88. The number of hydrogen-bond acceptors (Lipinski definition) is 11. The zero-order chi connectivity index (χ0) is 36.8. The highest BCUT2D eigenvalue weighted by Gasteiger charge is 2.51. The lowest BCUT2D eigenvalue weighted by molar-refractivity contribution is -0.298. The number of oxime groups is 1. The molecular formula is C37H69NO10. The molecule has 4 N–H and O–H groups in total. The van der Waals surface area contributed by atoms with Gasteiger partial charge in [-0.3, -0.25) is 4.79 Å². The summed E-state index contributed by atoms with van der Waals surface area (Å²) < 4.78 is 24.4. The zero-order valence-electron chi connectivity index (χ0n) is 32.1. The first-order valence-corrected chi connectivity index (χ1v) is 18.3. The van der Waals surface area contributed by atoms with E-state index in [0.29, 0.717) is 5.71 Å². The van der Waals surface area contributed by atoms with Crippen LogP contribution >= 0.6 is 0 Å². The van der Waals surface area contributed by atoms with Crippen molar-refractivity contribution in [2.75, 3.05) is 7.11 Å². The number of carbonyl (C=O) groups excluding carboxylic acids is 1. The molecule has 2 aliphatic rings. The molecule has 48 heavy (non-hydrogen) atoms. The molecule has 2 heterocycles. The molecule has 11 nitrogen and oxygen atoms in total. The van der Waals surface area contributed by atoms with Crippen molar-refractivity contribution in [2.24, 2.45) is 34.7 Å². The van der Waals surface area contributed by atoms with Gasteiger partial charge in [0.05, 0.1) is 41.1 Å². The third kappa shape index (κ3) is 9.92. The lowest BCUT2D eigenvalue weighted by atomic mass is 9.70. The van der Waals surface area contributed by atoms with E-state index in [9.17, 15) is 25.2 Å². The lowest BCUT2D eigenvalue weighted by Gasteiger charge is -2.47. The number of cyclic esters (lactones) is 1. The Bertz CT molecular complexity index is 1040. The van der Waals surface area contributed by atoms with E-state index in [-0.39, 0.29) is 43.1 Å². The maximum absolute atomic E-state index is 13.9. The Morgan fingerprint density at radius 1 is 0.958 bits per heavy atom. The number of esters is 1. The molecule has 0 aromatic carbocycles. The Morgan fingerprint density at radius 3 is 2.12 bits per heavy atom. The van der Waals surface area contributed by atoms with Crippen LogP contribution in [0.5, 0.6) is 0 Å². The smallest absolute Gasteiger partial charge is 0.311 e. The van der Waals surface area contributed by atoms with E-state index in [1.54, 1.807) is 41.5 Å². The number of carbonyl (C=O) groups is 1. The SMILES string of the molecule is CCCCC(CC)ON=C1[C@H](C)C[C@@](C)(O)[C@H](C)[C@@H](C)[C@H](O[C@H]2C[C@@](C)(OC)[C@@H](O)[C@H](C)O2)[C@@H](C)C(=O)O[C@H](CC)[C@@](C)(O)[C@H](O)[C@H]1C. The quantitative estimate of drug-likeness (QED) is 0.174. The third-order valence-corrected chi connectivity index (χ3v) is 11.6. The molecule has 11 heteroatoms. The molecule has 0 aromatic heterocycles. The number of ether oxygens (including phenoxy) is 4. The normalized spacial score (nSPS) is 45.3. The molecule has 0 spiro atoms. The van der Waals surface area contributed by atoms with Crippen LogP contribution in [0, 0.1) is 29.6 Å². The van der Waals surface area contributed by atoms with Crippen LogP contribution in [0.25, 0.3) is 0 Å². The first-order chi connectivity index (χ1) is 22.2. The molecule has 0 bridgehead atoms. The molecule has 0 aliphatic carbocycles. The summed E-state index contributed by atoms with van der Waals surface area (Å²) in [4.78, 5) is 20.0. The number of methoxy groups -OCH3 is 1. The van der Waals surface area contributed by atoms with Gasteiger partial charge in [-0.1, -0.05) is 60.0 Å². The van der Waals surface area contributed by atoms with Crippen molar-refractivity contribution in [3.05, 3.63) is 0 Å². The van der Waals surface area contributed by atoms with Crippen LogP contribution < -0.4 is 0 Å². The second-order valence-corrected chi connectivity index (χ2v) is 15.5. The number of nitrogens with zero attached hydrogens (tertiary/aromatic N) is 1. The van der Waals surface area contributed by atoms with Crippen molar-refractivity contribution >= 4 is 11.7 Å². The number of aliphatic hydroxyl groups is 4. The van der Waals surface area contributed by atoms with Crippen LogP contribution in [0.4, 0.5) is 0 Å². The van der Waals surface area contributed by atoms with Crippen LogP contribution in [0.3, 0.4) is 0 Å². The molecule has 1 unspecified atom stereocenters. The zero-order valence-corrected chi connectivity index (χ0v) is 32.1. The predicted octanol–water partition coefficient (Wildman–Crippen LogP) is 5.38. The standard InChI is InChI=1S/C37H69NO10/c1-14-17-18-27(15-2)48-38-30-21(4)19-35(10,42)25(8)22(5)31(47-29-20-36(11,44-13)33(40)26(9)45-29)24(7)34(41)46-28(16-3)37(12,43)32(39)23(30)6/h21-29,31-33,39-40,42-43H,14-20H2,1-13H3/t21-,22-,23+,24-,25-,26+,27?,28-,29+,31+,32-,33+,35-,36-,37-/m1/s1. The van der Waals surface area contributed by atoms with Crippen LogP contribution in [-0.2, 0) is 28.6 Å². The Labute approximate surface area is 290 Å². The molecule has 15 atom stereocenters. The van der Waals surface area contributed by atoms with Gasteiger partial charge < -0.3 is 44.2 Å². The fourth-order valence-electron chi connectivity index (χ4n) is 7.60. The van der Waals surface area contributed by atoms with Gasteiger partial charge in [-0.2, -0.15) is 0 Å². The molecule has 282 valence electrons. The number of unbranched alkanes of at least 4 members (excludes halogenated alkanes) is 1. The van der Waals surface area contributed by atoms with Crippen molar-refractivity contribution in [3.63, 3.8) is 0 Å². The average molecular weight is 688 g/mol. The molecular weight excluding hydrogens is 618 g/mol. The molecule has 0 aromatic rings. The minimum atomic E-state index is -1.84. The first kappa shape index (κ1) is 42.8. The summed E-state index contributed by atoms with van der Waals surface area (Å²) in [7, 11) is 1.53. The van der Waals surface area contributed by atoms with Crippen molar-refractivity contribution < 1.29 is 49.0 Å². The van der Waals surface area contributed by atoms with E-state index in [0.717, 1.165) is 25.7 Å². The second-order valence-electron chi connectivity index (χ2n) is 15.5. The second kappa shape index (κ2) is 17.7. The Hall–Kier alpha value is -1.34. The van der Waals surface area contributed by atoms with Gasteiger partial charge in [-0.25, -0.2) is 0 Å². The Kier molecular flexibility index (Phi) is 15.8. The summed E-state index contributed by atoms with van der Waals surface area (Å²) in [6, 6.07) is 0. The van der Waals surface area contributed by atoms with Crippen molar-refractivity contribution in [1.29, 1.82) is 0 Å². The summed E-state index contributed by atoms with van der Waals surface area (Å²) in [6.45, 7) is 22.1.